The molecule has 0 aliphatic heterocycles. The zero-order valence-corrected chi connectivity index (χ0v) is 16.4. The Labute approximate surface area is 164 Å². The minimum absolute atomic E-state index is 0.0310. The predicted molar refractivity (Wildman–Crippen MR) is 102 cm³/mol. The lowest BCUT2D eigenvalue weighted by Gasteiger charge is -2.16. The number of ether oxygens (including phenoxy) is 5. The first kappa shape index (κ1) is 21.1. The van der Waals surface area contributed by atoms with Crippen molar-refractivity contribution in [3.8, 4) is 23.0 Å². The van der Waals surface area contributed by atoms with Crippen LogP contribution in [-0.2, 0) is 27.2 Å². The van der Waals surface area contributed by atoms with Crippen molar-refractivity contribution in [2.45, 2.75) is 12.8 Å². The number of esters is 1. The average Bonchev–Trinajstić information content (AvgIpc) is 2.72. The monoisotopic (exact) mass is 388 g/mol. The zero-order chi connectivity index (χ0) is 20.5. The summed E-state index contributed by atoms with van der Waals surface area (Å²) in [5, 5.41) is 0. The maximum atomic E-state index is 12.6. The maximum Gasteiger partial charge on any atom is 0.343 e. The Kier molecular flexibility index (Phi) is 7.68. The molecule has 0 heterocycles. The van der Waals surface area contributed by atoms with Gasteiger partial charge in [0.05, 0.1) is 28.4 Å². The van der Waals surface area contributed by atoms with Crippen LogP contribution in [0.3, 0.4) is 0 Å². The second-order valence-corrected chi connectivity index (χ2v) is 5.91. The Morgan fingerprint density at radius 2 is 1.43 bits per heavy atom. The van der Waals surface area contributed by atoms with Crippen LogP contribution in [0.25, 0.3) is 0 Å². The number of carbonyl (C=O) groups is 2. The van der Waals surface area contributed by atoms with E-state index in [9.17, 15) is 9.59 Å². The van der Waals surface area contributed by atoms with Gasteiger partial charge in [-0.25, -0.2) is 4.79 Å². The molecule has 0 bridgehead atoms. The van der Waals surface area contributed by atoms with Crippen molar-refractivity contribution in [3.63, 3.8) is 0 Å². The minimum atomic E-state index is -0.530. The highest BCUT2D eigenvalue weighted by Gasteiger charge is 2.18. The molecular formula is C21H24O7. The van der Waals surface area contributed by atoms with E-state index in [1.54, 1.807) is 19.2 Å². The molecule has 0 amide bonds. The molecule has 150 valence electrons. The summed E-state index contributed by atoms with van der Waals surface area (Å²) in [5.74, 6) is 1.44. The van der Waals surface area contributed by atoms with Crippen LogP contribution in [-0.4, -0.2) is 46.8 Å². The number of benzene rings is 2. The van der Waals surface area contributed by atoms with Crippen molar-refractivity contribution in [3.05, 3.63) is 47.5 Å². The fourth-order valence-electron chi connectivity index (χ4n) is 2.63. The van der Waals surface area contributed by atoms with Crippen molar-refractivity contribution >= 4 is 11.8 Å². The average molecular weight is 388 g/mol. The zero-order valence-electron chi connectivity index (χ0n) is 16.4. The number of rotatable bonds is 10. The third-order valence-corrected chi connectivity index (χ3v) is 4.10. The van der Waals surface area contributed by atoms with E-state index in [-0.39, 0.29) is 25.2 Å². The van der Waals surface area contributed by atoms with E-state index in [0.717, 1.165) is 11.3 Å². The van der Waals surface area contributed by atoms with Crippen molar-refractivity contribution in [1.82, 2.24) is 0 Å². The number of hydrogen-bond donors (Lipinski definition) is 0. The molecule has 7 nitrogen and oxygen atoms in total. The van der Waals surface area contributed by atoms with Gasteiger partial charge in [0.2, 0.25) is 0 Å². The molecule has 0 unspecified atom stereocenters. The van der Waals surface area contributed by atoms with Gasteiger partial charge in [0, 0.05) is 30.5 Å². The van der Waals surface area contributed by atoms with E-state index >= 15 is 0 Å². The highest BCUT2D eigenvalue weighted by Crippen LogP contribution is 2.35. The van der Waals surface area contributed by atoms with E-state index in [4.69, 9.17) is 18.9 Å². The van der Waals surface area contributed by atoms with E-state index in [2.05, 4.69) is 4.74 Å². The number of hydrogen-bond acceptors (Lipinski definition) is 7. The normalized spacial score (nSPS) is 10.1. The maximum absolute atomic E-state index is 12.6. The molecule has 0 aromatic heterocycles. The number of Topliss-reactive ketones (excluding diaryl/α,β-unsaturated/α-hetero) is 1. The van der Waals surface area contributed by atoms with Crippen LogP contribution < -0.4 is 18.9 Å². The van der Waals surface area contributed by atoms with Crippen molar-refractivity contribution in [2.24, 2.45) is 0 Å². The van der Waals surface area contributed by atoms with Crippen LogP contribution in [0.4, 0.5) is 0 Å². The van der Waals surface area contributed by atoms with E-state index in [1.165, 1.54) is 21.3 Å². The lowest BCUT2D eigenvalue weighted by molar-refractivity contribution is -0.142. The van der Waals surface area contributed by atoms with Gasteiger partial charge in [-0.15, -0.1) is 0 Å². The Morgan fingerprint density at radius 3 is 2.00 bits per heavy atom. The number of methoxy groups -OCH3 is 4. The van der Waals surface area contributed by atoms with E-state index < -0.39 is 5.97 Å². The Balaban J connectivity index is 2.22. The molecule has 0 aliphatic rings. The number of ketones is 1. The van der Waals surface area contributed by atoms with Gasteiger partial charge in [-0.2, -0.15) is 0 Å². The lowest BCUT2D eigenvalue weighted by atomic mass is 10.0. The third kappa shape index (κ3) is 5.64. The van der Waals surface area contributed by atoms with Gasteiger partial charge in [-0.1, -0.05) is 12.1 Å². The molecule has 0 spiro atoms. The first-order valence-corrected chi connectivity index (χ1v) is 8.59. The second-order valence-electron chi connectivity index (χ2n) is 5.91. The molecule has 0 saturated carbocycles. The predicted octanol–water partition coefficient (Wildman–Crippen LogP) is 2.62. The summed E-state index contributed by atoms with van der Waals surface area (Å²) >= 11 is 0. The molecule has 0 N–H and O–H groups in total. The van der Waals surface area contributed by atoms with Crippen molar-refractivity contribution in [1.29, 1.82) is 0 Å². The molecular weight excluding hydrogens is 364 g/mol. The van der Waals surface area contributed by atoms with Crippen molar-refractivity contribution in [2.75, 3.05) is 35.0 Å². The van der Waals surface area contributed by atoms with Gasteiger partial charge in [0.1, 0.15) is 28.8 Å². The van der Waals surface area contributed by atoms with Crippen LogP contribution in [0.5, 0.6) is 23.0 Å². The Morgan fingerprint density at radius 1 is 0.786 bits per heavy atom. The fraction of sp³-hybridized carbons (Fsp3) is 0.333. The van der Waals surface area contributed by atoms with Gasteiger partial charge >= 0.3 is 5.97 Å². The van der Waals surface area contributed by atoms with Crippen LogP contribution in [0.1, 0.15) is 11.1 Å². The molecule has 0 fully saturated rings. The first-order chi connectivity index (χ1) is 13.5. The van der Waals surface area contributed by atoms with Crippen LogP contribution in [0.15, 0.2) is 36.4 Å². The summed E-state index contributed by atoms with van der Waals surface area (Å²) in [5.41, 5.74) is 1.42. The molecule has 0 radical (unpaired) electrons. The third-order valence-electron chi connectivity index (χ3n) is 4.10. The standard InChI is InChI=1S/C21H24O7/c1-24-16-7-5-14(6-8-16)9-15(22)10-18-19(26-3)11-17(25-2)12-20(18)28-13-21(23)27-4/h5-8,11-12H,9-10,13H2,1-4H3. The molecule has 0 aliphatic carbocycles. The van der Waals surface area contributed by atoms with Gasteiger partial charge in [-0.3, -0.25) is 4.79 Å². The number of carbonyl (C=O) groups excluding carboxylic acids is 2. The fourth-order valence-corrected chi connectivity index (χ4v) is 2.63. The highest BCUT2D eigenvalue weighted by atomic mass is 16.6. The van der Waals surface area contributed by atoms with Crippen molar-refractivity contribution < 1.29 is 33.3 Å². The van der Waals surface area contributed by atoms with E-state index in [1.807, 2.05) is 24.3 Å². The summed E-state index contributed by atoms with van der Waals surface area (Å²) in [4.78, 5) is 24.1. The summed E-state index contributed by atoms with van der Waals surface area (Å²) in [7, 11) is 5.87. The Hall–Kier alpha value is -3.22. The molecule has 2 rings (SSSR count). The molecule has 2 aromatic rings. The molecule has 0 atom stereocenters. The summed E-state index contributed by atoms with van der Waals surface area (Å²) in [6, 6.07) is 10.6. The molecule has 28 heavy (non-hydrogen) atoms. The van der Waals surface area contributed by atoms with Gasteiger partial charge < -0.3 is 23.7 Å². The quantitative estimate of drug-likeness (QED) is 0.579. The van der Waals surface area contributed by atoms with E-state index in [0.29, 0.717) is 22.8 Å². The molecule has 0 saturated heterocycles. The second kappa shape index (κ2) is 10.2. The summed E-state index contributed by atoms with van der Waals surface area (Å²) in [6.45, 7) is -0.285. The summed E-state index contributed by atoms with van der Waals surface area (Å²) in [6.07, 6.45) is 0.325. The van der Waals surface area contributed by atoms with Gasteiger partial charge in [0.25, 0.3) is 0 Å². The van der Waals surface area contributed by atoms with Gasteiger partial charge in [0.15, 0.2) is 6.61 Å². The Bertz CT molecular complexity index is 812. The topological polar surface area (TPSA) is 80.3 Å². The minimum Gasteiger partial charge on any atom is -0.497 e. The summed E-state index contributed by atoms with van der Waals surface area (Å²) < 4.78 is 25.9. The first-order valence-electron chi connectivity index (χ1n) is 8.59. The van der Waals surface area contributed by atoms with Crippen LogP contribution >= 0.6 is 0 Å². The SMILES string of the molecule is COC(=O)COc1cc(OC)cc(OC)c1CC(=O)Cc1ccc(OC)cc1. The highest BCUT2D eigenvalue weighted by molar-refractivity contribution is 5.84. The smallest absolute Gasteiger partial charge is 0.343 e. The van der Waals surface area contributed by atoms with Crippen LogP contribution in [0, 0.1) is 0 Å². The molecule has 2 aromatic carbocycles. The molecule has 7 heteroatoms. The van der Waals surface area contributed by atoms with Gasteiger partial charge in [-0.05, 0) is 17.7 Å². The lowest BCUT2D eigenvalue weighted by Crippen LogP contribution is -2.15. The van der Waals surface area contributed by atoms with Crippen LogP contribution in [0.2, 0.25) is 0 Å². The largest absolute Gasteiger partial charge is 0.497 e.